The summed E-state index contributed by atoms with van der Waals surface area (Å²) in [4.78, 5) is 67.2. The van der Waals surface area contributed by atoms with Crippen LogP contribution in [0.15, 0.2) is 0 Å². The highest BCUT2D eigenvalue weighted by atomic mass is 31.2. The highest BCUT2D eigenvalue weighted by molar-refractivity contribution is 7.52. The largest absolute Gasteiger partial charge is 0.480 e. The quantitative estimate of drug-likeness (QED) is 0.0300. The van der Waals surface area contributed by atoms with Crippen molar-refractivity contribution in [3.8, 4) is 0 Å². The van der Waals surface area contributed by atoms with Crippen molar-refractivity contribution in [2.45, 2.75) is 122 Å². The Labute approximate surface area is 370 Å². The molecule has 1 amide bonds. The number of carbonyl (C=O) groups excluding carboxylic acids is 1. The molecule has 0 spiro atoms. The van der Waals surface area contributed by atoms with Gasteiger partial charge >= 0.3 is 31.6 Å². The summed E-state index contributed by atoms with van der Waals surface area (Å²) in [5.74, 6) is -5.25. The fourth-order valence-electron chi connectivity index (χ4n) is 7.26. The van der Waals surface area contributed by atoms with Gasteiger partial charge in [0.2, 0.25) is 5.91 Å². The monoisotopic (exact) mass is 910 g/mol. The maximum Gasteiger partial charge on any atom is 0.435 e. The van der Waals surface area contributed by atoms with Gasteiger partial charge in [0, 0.05) is 65.4 Å². The third kappa shape index (κ3) is 31.2. The summed E-state index contributed by atoms with van der Waals surface area (Å²) in [7, 11) is 1.73. The van der Waals surface area contributed by atoms with Crippen LogP contribution in [-0.2, 0) is 37.6 Å². The van der Waals surface area contributed by atoms with Crippen molar-refractivity contribution in [2.75, 3.05) is 120 Å². The van der Waals surface area contributed by atoms with Gasteiger partial charge in [0.1, 0.15) is 19.2 Å². The first kappa shape index (κ1) is 57.3. The van der Waals surface area contributed by atoms with Crippen LogP contribution < -0.4 is 5.09 Å². The summed E-state index contributed by atoms with van der Waals surface area (Å²) in [6, 6.07) is -1.23. The van der Waals surface area contributed by atoms with Crippen molar-refractivity contribution in [2.24, 2.45) is 0 Å². The van der Waals surface area contributed by atoms with Crippen LogP contribution in [0.4, 0.5) is 0 Å². The predicted molar refractivity (Wildman–Crippen MR) is 236 cm³/mol. The average molecular weight is 910 g/mol. The van der Waals surface area contributed by atoms with Crippen LogP contribution in [0.5, 0.6) is 0 Å². The van der Waals surface area contributed by atoms with Gasteiger partial charge in [0.15, 0.2) is 0 Å². The van der Waals surface area contributed by atoms with Crippen molar-refractivity contribution >= 4 is 37.5 Å². The number of hydrogen-bond donors (Lipinski definition) is 6. The number of aliphatic hydroxyl groups excluding tert-OH is 1. The normalized spacial score (nSPS) is 17.1. The van der Waals surface area contributed by atoms with E-state index in [1.165, 1.54) is 57.8 Å². The lowest BCUT2D eigenvalue weighted by molar-refractivity contribution is -0.870. The molecule has 0 bridgehead atoms. The Balaban J connectivity index is 2.78. The SMILES string of the molecule is C[N+](C)(C)CCOP(=O)(NC(=O)CCC(C(=O)O)N1CCN(CC(=O)O)CCN(CC(=O)O)CCN(CC(=O)O)CC1)OCCCCCCCCCCCCCCCCCCO. The molecule has 1 saturated heterocycles. The number of aliphatic carboxylic acids is 4. The Hall–Kier alpha value is -2.74. The topological polar surface area (TPSA) is 247 Å². The number of unbranched alkanes of at least 4 members (excludes halogenated alkanes) is 15. The van der Waals surface area contributed by atoms with Crippen LogP contribution in [0.3, 0.4) is 0 Å². The highest BCUT2D eigenvalue weighted by Gasteiger charge is 2.32. The molecule has 0 aromatic carbocycles. The molecule has 1 fully saturated rings. The van der Waals surface area contributed by atoms with Gasteiger partial charge in [-0.1, -0.05) is 89.9 Å². The second-order valence-corrected chi connectivity index (χ2v) is 19.3. The maximum absolute atomic E-state index is 13.8. The summed E-state index contributed by atoms with van der Waals surface area (Å²) in [6.45, 7) is 0.984. The van der Waals surface area contributed by atoms with Gasteiger partial charge in [-0.3, -0.25) is 57.7 Å². The van der Waals surface area contributed by atoms with Gasteiger partial charge in [-0.15, -0.1) is 0 Å². The number of amides is 1. The fourth-order valence-corrected chi connectivity index (χ4v) is 8.57. The molecule has 1 rings (SSSR count). The van der Waals surface area contributed by atoms with Gasteiger partial charge in [0.25, 0.3) is 0 Å². The summed E-state index contributed by atoms with van der Waals surface area (Å²) in [5.41, 5.74) is 0. The number of nitrogens with one attached hydrogen (secondary N) is 1. The first-order chi connectivity index (χ1) is 29.4. The molecular weight excluding hydrogens is 827 g/mol. The van der Waals surface area contributed by atoms with Crippen LogP contribution in [-0.4, -0.2) is 205 Å². The highest BCUT2D eigenvalue weighted by Crippen LogP contribution is 2.44. The Kier molecular flexibility index (Phi) is 31.2. The van der Waals surface area contributed by atoms with Gasteiger partial charge < -0.3 is 30.0 Å². The Morgan fingerprint density at radius 1 is 0.565 bits per heavy atom. The molecule has 0 saturated carbocycles. The van der Waals surface area contributed by atoms with E-state index in [1.54, 1.807) is 19.6 Å². The molecule has 6 N–H and O–H groups in total. The number of rotatable bonds is 35. The van der Waals surface area contributed by atoms with E-state index < -0.39 is 43.6 Å². The maximum atomic E-state index is 13.8. The van der Waals surface area contributed by atoms with Crippen LogP contribution in [0, 0.1) is 0 Å². The van der Waals surface area contributed by atoms with Crippen molar-refractivity contribution < 1.29 is 67.6 Å². The fraction of sp³-hybridized carbons (Fsp3) is 0.881. The van der Waals surface area contributed by atoms with Gasteiger partial charge in [-0.25, -0.2) is 4.57 Å². The zero-order valence-electron chi connectivity index (χ0n) is 38.1. The molecule has 1 aliphatic rings. The molecular formula is C42H82N6O13P+. The molecule has 1 aliphatic heterocycles. The van der Waals surface area contributed by atoms with E-state index in [0.29, 0.717) is 24.1 Å². The first-order valence-corrected chi connectivity index (χ1v) is 24.4. The van der Waals surface area contributed by atoms with E-state index in [0.717, 1.165) is 38.5 Å². The van der Waals surface area contributed by atoms with Gasteiger partial charge in [-0.05, 0) is 19.3 Å². The lowest BCUT2D eigenvalue weighted by atomic mass is 10.0. The summed E-state index contributed by atoms with van der Waals surface area (Å²) in [6.07, 6.45) is 17.6. The van der Waals surface area contributed by atoms with Gasteiger partial charge in [-0.2, -0.15) is 0 Å². The number of aliphatic hydroxyl groups is 1. The number of carbonyl (C=O) groups is 5. The number of hydrogen-bond acceptors (Lipinski definition) is 13. The third-order valence-corrected chi connectivity index (χ3v) is 12.5. The van der Waals surface area contributed by atoms with E-state index >= 15 is 0 Å². The van der Waals surface area contributed by atoms with E-state index in [4.69, 9.17) is 14.2 Å². The lowest BCUT2D eigenvalue weighted by Crippen LogP contribution is -2.52. The van der Waals surface area contributed by atoms with E-state index in [1.807, 2.05) is 21.1 Å². The van der Waals surface area contributed by atoms with Crippen molar-refractivity contribution in [3.63, 3.8) is 0 Å². The number of likely N-dealkylation sites (N-methyl/N-ethyl adjacent to an activating group) is 1. The number of quaternary nitrogens is 1. The first-order valence-electron chi connectivity index (χ1n) is 22.8. The smallest absolute Gasteiger partial charge is 0.435 e. The molecule has 0 radical (unpaired) electrons. The van der Waals surface area contributed by atoms with E-state index in [-0.39, 0.29) is 98.0 Å². The van der Waals surface area contributed by atoms with Crippen LogP contribution in [0.1, 0.15) is 116 Å². The lowest BCUT2D eigenvalue weighted by Gasteiger charge is -2.35. The minimum atomic E-state index is -4.10. The Morgan fingerprint density at radius 2 is 0.919 bits per heavy atom. The summed E-state index contributed by atoms with van der Waals surface area (Å²) < 4.78 is 25.8. The minimum absolute atomic E-state index is 0.0474. The van der Waals surface area contributed by atoms with Crippen molar-refractivity contribution in [1.29, 1.82) is 0 Å². The van der Waals surface area contributed by atoms with E-state index in [2.05, 4.69) is 5.09 Å². The Bertz CT molecular complexity index is 1290. The molecule has 2 unspecified atom stereocenters. The van der Waals surface area contributed by atoms with Crippen LogP contribution >= 0.6 is 7.75 Å². The molecule has 0 aliphatic carbocycles. The molecule has 1 heterocycles. The molecule has 0 aromatic rings. The predicted octanol–water partition coefficient (Wildman–Crippen LogP) is 3.89. The van der Waals surface area contributed by atoms with Gasteiger partial charge in [0.05, 0.1) is 47.4 Å². The molecule has 62 heavy (non-hydrogen) atoms. The summed E-state index contributed by atoms with van der Waals surface area (Å²) in [5, 5.41) is 50.1. The molecule has 2 atom stereocenters. The van der Waals surface area contributed by atoms with E-state index in [9.17, 15) is 49.0 Å². The molecule has 19 nitrogen and oxygen atoms in total. The summed E-state index contributed by atoms with van der Waals surface area (Å²) >= 11 is 0. The third-order valence-electron chi connectivity index (χ3n) is 10.9. The van der Waals surface area contributed by atoms with Crippen molar-refractivity contribution in [3.05, 3.63) is 0 Å². The zero-order valence-corrected chi connectivity index (χ0v) is 39.0. The van der Waals surface area contributed by atoms with Crippen LogP contribution in [0.25, 0.3) is 0 Å². The minimum Gasteiger partial charge on any atom is -0.480 e. The molecule has 20 heteroatoms. The number of nitrogens with zero attached hydrogens (tertiary/aromatic N) is 5. The molecule has 0 aromatic heterocycles. The zero-order chi connectivity index (χ0) is 46.2. The number of carboxylic acid groups (broad SMARTS) is 4. The second-order valence-electron chi connectivity index (χ2n) is 17.5. The van der Waals surface area contributed by atoms with Crippen molar-refractivity contribution in [1.82, 2.24) is 24.7 Å². The number of carboxylic acids is 4. The average Bonchev–Trinajstić information content (AvgIpc) is 3.16. The standard InChI is InChI=1S/C42H81N6O13P/c1-48(2,3)30-33-61-62(59,60-32-19-17-15-13-11-9-7-5-4-6-8-10-12-14-16-18-31-49)43-38(50)21-20-37(42(57)58)47-28-26-45(35-40(53)54)24-22-44(34-39(51)52)23-25-46(27-29-47)36-41(55)56/h37,49H,4-36H2,1-3H3,(H4-,43,50,51,52,53,54,55,56,57,58,59)/p+1. The molecule has 362 valence electrons. The Morgan fingerprint density at radius 3 is 1.27 bits per heavy atom. The van der Waals surface area contributed by atoms with Crippen LogP contribution in [0.2, 0.25) is 0 Å². The second kappa shape index (κ2) is 33.7.